The summed E-state index contributed by atoms with van der Waals surface area (Å²) >= 11 is 9.09. The van der Waals surface area contributed by atoms with E-state index in [-0.39, 0.29) is 5.75 Å². The van der Waals surface area contributed by atoms with Gasteiger partial charge in [-0.15, -0.1) is 24.0 Å². The van der Waals surface area contributed by atoms with E-state index in [4.69, 9.17) is 0 Å². The molecule has 0 aliphatic carbocycles. The molecule has 0 unspecified atom stereocenters. The Morgan fingerprint density at radius 1 is 1.42 bits per heavy atom. The number of benzene rings is 1. The van der Waals surface area contributed by atoms with Crippen molar-refractivity contribution in [3.8, 4) is 5.75 Å². The summed E-state index contributed by atoms with van der Waals surface area (Å²) in [6.07, 6.45) is 0. The zero-order valence-corrected chi connectivity index (χ0v) is 9.21. The fourth-order valence-corrected chi connectivity index (χ4v) is 2.88. The van der Waals surface area contributed by atoms with Crippen LogP contribution in [0.3, 0.4) is 0 Å². The lowest BCUT2D eigenvalue weighted by Gasteiger charge is -1.98. The van der Waals surface area contributed by atoms with Crippen LogP contribution in [-0.2, 0) is 0 Å². The SMILES string of the molecule is Oc1c(S)ccc2scc(Br)c12. The highest BCUT2D eigenvalue weighted by molar-refractivity contribution is 9.10. The molecule has 2 aromatic rings. The second-order valence-corrected chi connectivity index (χ2v) is 4.64. The second kappa shape index (κ2) is 2.94. The summed E-state index contributed by atoms with van der Waals surface area (Å²) in [5.41, 5.74) is 0. The van der Waals surface area contributed by atoms with Crippen LogP contribution in [0.4, 0.5) is 0 Å². The number of phenols is 1. The average Bonchev–Trinajstić information content (AvgIpc) is 2.41. The van der Waals surface area contributed by atoms with Gasteiger partial charge in [-0.05, 0) is 28.1 Å². The van der Waals surface area contributed by atoms with E-state index in [0.717, 1.165) is 14.6 Å². The van der Waals surface area contributed by atoms with Crippen molar-refractivity contribution in [2.75, 3.05) is 0 Å². The van der Waals surface area contributed by atoms with Crippen LogP contribution < -0.4 is 0 Å². The van der Waals surface area contributed by atoms with Crippen molar-refractivity contribution >= 4 is 50.0 Å². The number of rotatable bonds is 0. The highest BCUT2D eigenvalue weighted by Crippen LogP contribution is 2.39. The molecule has 0 aliphatic rings. The van der Waals surface area contributed by atoms with Crippen LogP contribution >= 0.6 is 39.9 Å². The fraction of sp³-hybridized carbons (Fsp3) is 0. The molecule has 0 saturated carbocycles. The number of phenolic OH excluding ortho intramolecular Hbond substituents is 1. The predicted molar refractivity (Wildman–Crippen MR) is 58.4 cm³/mol. The minimum absolute atomic E-state index is 0.254. The lowest BCUT2D eigenvalue weighted by atomic mass is 10.2. The van der Waals surface area contributed by atoms with E-state index in [2.05, 4.69) is 28.6 Å². The summed E-state index contributed by atoms with van der Waals surface area (Å²) in [6.45, 7) is 0. The Hall–Kier alpha value is -0.190. The molecule has 0 amide bonds. The van der Waals surface area contributed by atoms with Gasteiger partial charge in [0, 0.05) is 24.8 Å². The van der Waals surface area contributed by atoms with Crippen LogP contribution in [-0.4, -0.2) is 5.11 Å². The topological polar surface area (TPSA) is 20.2 Å². The first-order valence-corrected chi connectivity index (χ1v) is 5.40. The minimum atomic E-state index is 0.254. The first-order chi connectivity index (χ1) is 5.70. The highest BCUT2D eigenvalue weighted by atomic mass is 79.9. The molecule has 1 nitrogen and oxygen atoms in total. The number of halogens is 1. The summed E-state index contributed by atoms with van der Waals surface area (Å²) in [5, 5.41) is 12.4. The van der Waals surface area contributed by atoms with E-state index >= 15 is 0 Å². The third-order valence-corrected chi connectivity index (χ3v) is 3.88. The van der Waals surface area contributed by atoms with Gasteiger partial charge < -0.3 is 5.11 Å². The van der Waals surface area contributed by atoms with Gasteiger partial charge in [0.2, 0.25) is 0 Å². The smallest absolute Gasteiger partial charge is 0.138 e. The summed E-state index contributed by atoms with van der Waals surface area (Å²) in [7, 11) is 0. The molecule has 0 fully saturated rings. The molecule has 1 N–H and O–H groups in total. The molecule has 0 spiro atoms. The predicted octanol–water partition coefficient (Wildman–Crippen LogP) is 3.66. The zero-order chi connectivity index (χ0) is 8.72. The van der Waals surface area contributed by atoms with E-state index < -0.39 is 0 Å². The molecule has 1 aromatic carbocycles. The number of hydrogen-bond acceptors (Lipinski definition) is 3. The molecule has 4 heteroatoms. The van der Waals surface area contributed by atoms with Gasteiger partial charge in [-0.3, -0.25) is 0 Å². The average molecular weight is 261 g/mol. The summed E-state index contributed by atoms with van der Waals surface area (Å²) in [4.78, 5) is 0.613. The lowest BCUT2D eigenvalue weighted by molar-refractivity contribution is 0.469. The lowest BCUT2D eigenvalue weighted by Crippen LogP contribution is -1.70. The van der Waals surface area contributed by atoms with Crippen molar-refractivity contribution in [1.82, 2.24) is 0 Å². The van der Waals surface area contributed by atoms with Crippen LogP contribution in [0.2, 0.25) is 0 Å². The van der Waals surface area contributed by atoms with Crippen molar-refractivity contribution in [3.63, 3.8) is 0 Å². The number of thiol groups is 1. The maximum Gasteiger partial charge on any atom is 0.138 e. The standard InChI is InChI=1S/C8H5BrOS2/c9-4-3-12-6-2-1-5(11)8(10)7(4)6/h1-3,10-11H. The Morgan fingerprint density at radius 2 is 2.17 bits per heavy atom. The van der Waals surface area contributed by atoms with Gasteiger partial charge in [0.1, 0.15) is 5.75 Å². The van der Waals surface area contributed by atoms with Gasteiger partial charge in [0.25, 0.3) is 0 Å². The normalized spacial score (nSPS) is 10.8. The van der Waals surface area contributed by atoms with Gasteiger partial charge in [-0.1, -0.05) is 0 Å². The van der Waals surface area contributed by atoms with Gasteiger partial charge >= 0.3 is 0 Å². The molecule has 2 rings (SSSR count). The Kier molecular flexibility index (Phi) is 2.06. The monoisotopic (exact) mass is 260 g/mol. The van der Waals surface area contributed by atoms with Crippen LogP contribution in [0.5, 0.6) is 5.75 Å². The van der Waals surface area contributed by atoms with Crippen molar-refractivity contribution in [2.24, 2.45) is 0 Å². The Labute approximate surface area is 87.6 Å². The Morgan fingerprint density at radius 3 is 2.92 bits per heavy atom. The maximum atomic E-state index is 9.63. The highest BCUT2D eigenvalue weighted by Gasteiger charge is 2.08. The quantitative estimate of drug-likeness (QED) is 0.693. The Balaban J connectivity index is 2.96. The van der Waals surface area contributed by atoms with Crippen molar-refractivity contribution < 1.29 is 5.11 Å². The first-order valence-electron chi connectivity index (χ1n) is 3.28. The molecule has 0 saturated heterocycles. The van der Waals surface area contributed by atoms with E-state index in [9.17, 15) is 5.11 Å². The molecule has 0 radical (unpaired) electrons. The maximum absolute atomic E-state index is 9.63. The molecular weight excluding hydrogens is 256 g/mol. The minimum Gasteiger partial charge on any atom is -0.506 e. The molecule has 0 bridgehead atoms. The van der Waals surface area contributed by atoms with Crippen LogP contribution in [0.25, 0.3) is 10.1 Å². The van der Waals surface area contributed by atoms with Crippen molar-refractivity contribution in [2.45, 2.75) is 4.90 Å². The molecule has 1 aromatic heterocycles. The van der Waals surface area contributed by atoms with Crippen LogP contribution in [0.15, 0.2) is 26.9 Å². The Bertz CT molecular complexity index is 436. The van der Waals surface area contributed by atoms with Crippen LogP contribution in [0.1, 0.15) is 0 Å². The molecular formula is C8H5BrOS2. The molecule has 0 aliphatic heterocycles. The van der Waals surface area contributed by atoms with Crippen molar-refractivity contribution in [1.29, 1.82) is 0 Å². The van der Waals surface area contributed by atoms with Gasteiger partial charge in [0.05, 0.1) is 0 Å². The number of thiophene rings is 1. The third-order valence-electron chi connectivity index (χ3n) is 1.65. The summed E-state index contributed by atoms with van der Waals surface area (Å²) in [5.74, 6) is 0.254. The first kappa shape index (κ1) is 8.41. The van der Waals surface area contributed by atoms with Gasteiger partial charge in [0.15, 0.2) is 0 Å². The van der Waals surface area contributed by atoms with E-state index in [0.29, 0.717) is 4.90 Å². The van der Waals surface area contributed by atoms with Crippen LogP contribution in [0, 0.1) is 0 Å². The van der Waals surface area contributed by atoms with E-state index in [1.165, 1.54) is 0 Å². The third kappa shape index (κ3) is 1.14. The molecule has 62 valence electrons. The van der Waals surface area contributed by atoms with E-state index in [1.807, 2.05) is 11.4 Å². The van der Waals surface area contributed by atoms with Gasteiger partial charge in [-0.2, -0.15) is 0 Å². The zero-order valence-electron chi connectivity index (χ0n) is 5.91. The van der Waals surface area contributed by atoms with Gasteiger partial charge in [-0.25, -0.2) is 0 Å². The fourth-order valence-electron chi connectivity index (χ4n) is 1.06. The van der Waals surface area contributed by atoms with Crippen molar-refractivity contribution in [3.05, 3.63) is 22.0 Å². The summed E-state index contributed by atoms with van der Waals surface area (Å²) < 4.78 is 1.99. The number of hydrogen-bond donors (Lipinski definition) is 2. The molecule has 1 heterocycles. The molecule has 0 atom stereocenters. The summed E-state index contributed by atoms with van der Waals surface area (Å²) in [6, 6.07) is 3.75. The van der Waals surface area contributed by atoms with E-state index in [1.54, 1.807) is 17.4 Å². The molecule has 12 heavy (non-hydrogen) atoms. The largest absolute Gasteiger partial charge is 0.506 e. The number of fused-ring (bicyclic) bond motifs is 1. The second-order valence-electron chi connectivity index (χ2n) is 2.39. The number of aromatic hydroxyl groups is 1.